The number of nitrogens with one attached hydrogen (secondary N) is 1. The number of hydrogen-bond acceptors (Lipinski definition) is 1. The van der Waals surface area contributed by atoms with E-state index in [0.717, 1.165) is 12.8 Å². The second-order valence-electron chi connectivity index (χ2n) is 3.91. The minimum absolute atomic E-state index is 0.0688. The Hall–Kier alpha value is -1.51. The summed E-state index contributed by atoms with van der Waals surface area (Å²) in [5.41, 5.74) is 4.09. The minimum atomic E-state index is 0.0688. The van der Waals surface area contributed by atoms with Gasteiger partial charge >= 0.3 is 0 Å². The highest BCUT2D eigenvalue weighted by Crippen LogP contribution is 2.19. The lowest BCUT2D eigenvalue weighted by Crippen LogP contribution is -2.21. The fourth-order valence-electron chi connectivity index (χ4n) is 1.86. The van der Waals surface area contributed by atoms with Gasteiger partial charge in [0.05, 0.1) is 0 Å². The van der Waals surface area contributed by atoms with Gasteiger partial charge in [0, 0.05) is 18.8 Å². The molecule has 1 N–H and O–H groups in total. The van der Waals surface area contributed by atoms with Crippen LogP contribution in [0.3, 0.4) is 0 Å². The van der Waals surface area contributed by atoms with Crippen molar-refractivity contribution in [1.82, 2.24) is 4.68 Å². The molecule has 1 aromatic heterocycles. The largest absolute Gasteiger partial charge is 0.273 e. The zero-order valence-corrected chi connectivity index (χ0v) is 8.78. The molecule has 0 unspecified atom stereocenters. The van der Waals surface area contributed by atoms with Gasteiger partial charge in [-0.2, -0.15) is 0 Å². The minimum Gasteiger partial charge on any atom is -0.273 e. The molecule has 0 fully saturated rings. The van der Waals surface area contributed by atoms with Crippen molar-refractivity contribution in [3.63, 3.8) is 0 Å². The molecule has 0 aliphatic heterocycles. The summed E-state index contributed by atoms with van der Waals surface area (Å²) >= 11 is 0. The van der Waals surface area contributed by atoms with Crippen LogP contribution in [-0.2, 0) is 4.79 Å². The molecule has 0 saturated heterocycles. The SMILES string of the molecule is O=C(CC1=CCCCC1)Nn1cccc1. The van der Waals surface area contributed by atoms with Crippen molar-refractivity contribution in [3.05, 3.63) is 36.2 Å². The quantitative estimate of drug-likeness (QED) is 0.754. The zero-order valence-electron chi connectivity index (χ0n) is 8.78. The van der Waals surface area contributed by atoms with E-state index in [9.17, 15) is 4.79 Å². The van der Waals surface area contributed by atoms with Crippen LogP contribution in [0.4, 0.5) is 0 Å². The summed E-state index contributed by atoms with van der Waals surface area (Å²) in [6, 6.07) is 3.78. The maximum absolute atomic E-state index is 11.6. The fourth-order valence-corrected chi connectivity index (χ4v) is 1.86. The maximum Gasteiger partial charge on any atom is 0.242 e. The summed E-state index contributed by atoms with van der Waals surface area (Å²) in [5, 5.41) is 0. The standard InChI is InChI=1S/C12H16N2O/c15-12(13-14-8-4-5-9-14)10-11-6-2-1-3-7-11/h4-6,8-9H,1-3,7,10H2,(H,13,15). The van der Waals surface area contributed by atoms with Gasteiger partial charge in [-0.15, -0.1) is 0 Å². The van der Waals surface area contributed by atoms with Gasteiger partial charge in [0.25, 0.3) is 0 Å². The van der Waals surface area contributed by atoms with Crippen LogP contribution in [0.15, 0.2) is 36.2 Å². The summed E-state index contributed by atoms with van der Waals surface area (Å²) < 4.78 is 1.69. The summed E-state index contributed by atoms with van der Waals surface area (Å²) in [7, 11) is 0. The predicted octanol–water partition coefficient (Wildman–Crippen LogP) is 2.45. The molecule has 1 aliphatic rings. The van der Waals surface area contributed by atoms with E-state index < -0.39 is 0 Å². The number of allylic oxidation sites excluding steroid dienone is 1. The average molecular weight is 204 g/mol. The van der Waals surface area contributed by atoms with Crippen molar-refractivity contribution in [1.29, 1.82) is 0 Å². The van der Waals surface area contributed by atoms with Crippen LogP contribution in [0.2, 0.25) is 0 Å². The molecule has 2 rings (SSSR count). The van der Waals surface area contributed by atoms with Crippen molar-refractivity contribution in [2.75, 3.05) is 5.43 Å². The van der Waals surface area contributed by atoms with E-state index in [0.29, 0.717) is 6.42 Å². The molecule has 3 nitrogen and oxygen atoms in total. The first-order valence-corrected chi connectivity index (χ1v) is 5.45. The highest BCUT2D eigenvalue weighted by Gasteiger charge is 2.08. The van der Waals surface area contributed by atoms with Crippen molar-refractivity contribution in [2.45, 2.75) is 32.1 Å². The summed E-state index contributed by atoms with van der Waals surface area (Å²) in [5.74, 6) is 0.0688. The Kier molecular flexibility index (Phi) is 3.22. The summed E-state index contributed by atoms with van der Waals surface area (Å²) in [6.45, 7) is 0. The Balaban J connectivity index is 1.84. The molecule has 1 aromatic rings. The van der Waals surface area contributed by atoms with Gasteiger partial charge in [0.15, 0.2) is 0 Å². The third-order valence-corrected chi connectivity index (χ3v) is 2.63. The van der Waals surface area contributed by atoms with Gasteiger partial charge in [-0.25, -0.2) is 0 Å². The third-order valence-electron chi connectivity index (χ3n) is 2.63. The molecule has 80 valence electrons. The Labute approximate surface area is 89.8 Å². The first kappa shape index (κ1) is 10.0. The van der Waals surface area contributed by atoms with Gasteiger partial charge < -0.3 is 0 Å². The number of hydrogen-bond donors (Lipinski definition) is 1. The lowest BCUT2D eigenvalue weighted by atomic mass is 9.97. The van der Waals surface area contributed by atoms with Gasteiger partial charge in [-0.1, -0.05) is 11.6 Å². The molecule has 0 atom stereocenters. The number of amides is 1. The molecular formula is C12H16N2O. The first-order valence-electron chi connectivity index (χ1n) is 5.45. The third kappa shape index (κ3) is 2.98. The molecule has 3 heteroatoms. The van der Waals surface area contributed by atoms with Crippen molar-refractivity contribution in [3.8, 4) is 0 Å². The van der Waals surface area contributed by atoms with Crippen molar-refractivity contribution >= 4 is 5.91 Å². The molecule has 1 amide bonds. The lowest BCUT2D eigenvalue weighted by Gasteiger charge is -2.12. The normalized spacial score (nSPS) is 15.9. The number of rotatable bonds is 3. The lowest BCUT2D eigenvalue weighted by molar-refractivity contribution is -0.116. The molecule has 0 radical (unpaired) electrons. The molecule has 0 spiro atoms. The number of aromatic nitrogens is 1. The summed E-state index contributed by atoms with van der Waals surface area (Å²) in [4.78, 5) is 11.6. The zero-order chi connectivity index (χ0) is 10.5. The Morgan fingerprint density at radius 1 is 1.33 bits per heavy atom. The topological polar surface area (TPSA) is 34.0 Å². The van der Waals surface area contributed by atoms with E-state index in [-0.39, 0.29) is 5.91 Å². The van der Waals surface area contributed by atoms with E-state index >= 15 is 0 Å². The van der Waals surface area contributed by atoms with Crippen LogP contribution in [-0.4, -0.2) is 10.6 Å². The smallest absolute Gasteiger partial charge is 0.242 e. The number of carbonyl (C=O) groups excluding carboxylic acids is 1. The van der Waals surface area contributed by atoms with Crippen LogP contribution < -0.4 is 5.43 Å². The Bertz CT molecular complexity index is 352. The van der Waals surface area contributed by atoms with Crippen LogP contribution in [0.25, 0.3) is 0 Å². The fraction of sp³-hybridized carbons (Fsp3) is 0.417. The molecule has 0 bridgehead atoms. The second kappa shape index (κ2) is 4.82. The predicted molar refractivity (Wildman–Crippen MR) is 60.0 cm³/mol. The molecule has 0 aromatic carbocycles. The van der Waals surface area contributed by atoms with E-state index in [4.69, 9.17) is 0 Å². The highest BCUT2D eigenvalue weighted by molar-refractivity contribution is 5.85. The molecule has 0 saturated carbocycles. The second-order valence-corrected chi connectivity index (χ2v) is 3.91. The van der Waals surface area contributed by atoms with Crippen LogP contribution in [0, 0.1) is 0 Å². The van der Waals surface area contributed by atoms with Crippen LogP contribution in [0.5, 0.6) is 0 Å². The van der Waals surface area contributed by atoms with Crippen molar-refractivity contribution in [2.24, 2.45) is 0 Å². The van der Waals surface area contributed by atoms with Crippen LogP contribution in [0.1, 0.15) is 32.1 Å². The van der Waals surface area contributed by atoms with E-state index in [1.807, 2.05) is 24.5 Å². The van der Waals surface area contributed by atoms with Gasteiger partial charge in [-0.05, 0) is 37.8 Å². The monoisotopic (exact) mass is 204 g/mol. The van der Waals surface area contributed by atoms with E-state index in [1.54, 1.807) is 4.68 Å². The van der Waals surface area contributed by atoms with Gasteiger partial charge in [-0.3, -0.25) is 14.9 Å². The van der Waals surface area contributed by atoms with Crippen LogP contribution >= 0.6 is 0 Å². The number of carbonyl (C=O) groups is 1. The van der Waals surface area contributed by atoms with Gasteiger partial charge in [0.2, 0.25) is 5.91 Å². The highest BCUT2D eigenvalue weighted by atomic mass is 16.2. The number of nitrogens with zero attached hydrogens (tertiary/aromatic N) is 1. The molecule has 15 heavy (non-hydrogen) atoms. The molecular weight excluding hydrogens is 188 g/mol. The Morgan fingerprint density at radius 3 is 2.80 bits per heavy atom. The maximum atomic E-state index is 11.6. The van der Waals surface area contributed by atoms with Gasteiger partial charge in [0.1, 0.15) is 0 Å². The molecule has 1 heterocycles. The average Bonchev–Trinajstić information content (AvgIpc) is 2.71. The first-order chi connectivity index (χ1) is 7.34. The Morgan fingerprint density at radius 2 is 2.13 bits per heavy atom. The van der Waals surface area contributed by atoms with Crippen molar-refractivity contribution < 1.29 is 4.79 Å². The summed E-state index contributed by atoms with van der Waals surface area (Å²) in [6.07, 6.45) is 11.1. The molecule has 1 aliphatic carbocycles. The van der Waals surface area contributed by atoms with E-state index in [2.05, 4.69) is 11.5 Å². The van der Waals surface area contributed by atoms with E-state index in [1.165, 1.54) is 18.4 Å².